The van der Waals surface area contributed by atoms with Gasteiger partial charge in [-0.3, -0.25) is 4.79 Å². The summed E-state index contributed by atoms with van der Waals surface area (Å²) in [5.74, 6) is 2.10. The second-order valence-corrected chi connectivity index (χ2v) is 8.01. The Morgan fingerprint density at radius 1 is 1.27 bits per heavy atom. The van der Waals surface area contributed by atoms with E-state index in [4.69, 9.17) is 14.7 Å². The number of hydrogen-bond donors (Lipinski definition) is 1. The molecule has 160 valence electrons. The summed E-state index contributed by atoms with van der Waals surface area (Å²) in [4.78, 5) is 26.5. The van der Waals surface area contributed by atoms with E-state index in [2.05, 4.69) is 17.3 Å². The van der Waals surface area contributed by atoms with Crippen LogP contribution in [0.15, 0.2) is 24.3 Å². The van der Waals surface area contributed by atoms with E-state index in [9.17, 15) is 9.18 Å². The summed E-state index contributed by atoms with van der Waals surface area (Å²) in [5.41, 5.74) is 2.01. The number of halogens is 1. The number of nitrogens with zero attached hydrogens (tertiary/aromatic N) is 4. The van der Waals surface area contributed by atoms with Crippen LogP contribution in [0.3, 0.4) is 0 Å². The van der Waals surface area contributed by atoms with Gasteiger partial charge < -0.3 is 19.9 Å². The van der Waals surface area contributed by atoms with Crippen molar-refractivity contribution >= 4 is 11.7 Å². The van der Waals surface area contributed by atoms with Gasteiger partial charge in [0, 0.05) is 38.0 Å². The Labute approximate surface area is 176 Å². The molecule has 1 fully saturated rings. The van der Waals surface area contributed by atoms with E-state index in [1.807, 2.05) is 7.05 Å². The number of piperidine rings is 1. The summed E-state index contributed by atoms with van der Waals surface area (Å²) in [6, 6.07) is 5.67. The van der Waals surface area contributed by atoms with Gasteiger partial charge in [-0.1, -0.05) is 0 Å². The Hall–Kier alpha value is -2.74. The fourth-order valence-corrected chi connectivity index (χ4v) is 4.18. The molecular formula is C22H28FN5O2. The zero-order valence-corrected chi connectivity index (χ0v) is 17.5. The molecule has 0 saturated carbocycles. The average Bonchev–Trinajstić information content (AvgIpc) is 2.77. The molecule has 1 saturated heterocycles. The fourth-order valence-electron chi connectivity index (χ4n) is 4.18. The highest BCUT2D eigenvalue weighted by molar-refractivity contribution is 5.78. The first kappa shape index (κ1) is 20.5. The summed E-state index contributed by atoms with van der Waals surface area (Å²) >= 11 is 0. The van der Waals surface area contributed by atoms with Crippen LogP contribution in [-0.2, 0) is 17.8 Å². The van der Waals surface area contributed by atoms with Crippen molar-refractivity contribution in [3.8, 4) is 5.75 Å². The number of benzene rings is 1. The highest BCUT2D eigenvalue weighted by Crippen LogP contribution is 2.29. The summed E-state index contributed by atoms with van der Waals surface area (Å²) in [6.45, 7) is 3.08. The van der Waals surface area contributed by atoms with Gasteiger partial charge >= 0.3 is 0 Å². The van der Waals surface area contributed by atoms with Gasteiger partial charge in [-0.2, -0.15) is 0 Å². The lowest BCUT2D eigenvalue weighted by Gasteiger charge is -2.32. The predicted molar refractivity (Wildman–Crippen MR) is 112 cm³/mol. The molecule has 8 heteroatoms. The number of aromatic nitrogens is 2. The van der Waals surface area contributed by atoms with E-state index in [1.54, 1.807) is 4.90 Å². The minimum atomic E-state index is -0.333. The third-order valence-corrected chi connectivity index (χ3v) is 5.83. The number of rotatable bonds is 5. The normalized spacial score (nSPS) is 19.3. The van der Waals surface area contributed by atoms with Crippen LogP contribution in [0.2, 0.25) is 0 Å². The lowest BCUT2D eigenvalue weighted by molar-refractivity contribution is -0.134. The summed E-state index contributed by atoms with van der Waals surface area (Å²) in [7, 11) is 4.00. The summed E-state index contributed by atoms with van der Waals surface area (Å²) < 4.78 is 18.5. The lowest BCUT2D eigenvalue weighted by Crippen LogP contribution is -2.40. The van der Waals surface area contributed by atoms with E-state index in [0.717, 1.165) is 48.8 Å². The molecule has 2 aliphatic heterocycles. The number of likely N-dealkylation sites (N-methyl/N-ethyl adjacent to an activating group) is 1. The van der Waals surface area contributed by atoms with Gasteiger partial charge in [-0.25, -0.2) is 14.4 Å². The van der Waals surface area contributed by atoms with Crippen LogP contribution in [0.1, 0.15) is 35.8 Å². The molecule has 1 amide bonds. The zero-order valence-electron chi connectivity index (χ0n) is 17.5. The highest BCUT2D eigenvalue weighted by Gasteiger charge is 2.28. The molecule has 1 aromatic heterocycles. The van der Waals surface area contributed by atoms with E-state index >= 15 is 0 Å². The van der Waals surface area contributed by atoms with Crippen molar-refractivity contribution in [2.75, 3.05) is 45.7 Å². The quantitative estimate of drug-likeness (QED) is 0.812. The van der Waals surface area contributed by atoms with Crippen LogP contribution in [0.5, 0.6) is 5.75 Å². The number of fused-ring (bicyclic) bond motifs is 1. The molecule has 0 unspecified atom stereocenters. The third kappa shape index (κ3) is 4.53. The van der Waals surface area contributed by atoms with Crippen LogP contribution in [0.4, 0.5) is 10.2 Å². The molecular weight excluding hydrogens is 385 g/mol. The Morgan fingerprint density at radius 2 is 2.07 bits per heavy atom. The number of hydrogen-bond acceptors (Lipinski definition) is 6. The van der Waals surface area contributed by atoms with Gasteiger partial charge in [-0.05, 0) is 50.7 Å². The third-order valence-electron chi connectivity index (χ3n) is 5.83. The molecule has 0 radical (unpaired) electrons. The van der Waals surface area contributed by atoms with Crippen molar-refractivity contribution in [2.45, 2.75) is 31.7 Å². The number of nitrogens with one attached hydrogen (secondary N) is 1. The van der Waals surface area contributed by atoms with Gasteiger partial charge in [0.25, 0.3) is 5.91 Å². The fraction of sp³-hybridized carbons (Fsp3) is 0.500. The van der Waals surface area contributed by atoms with Gasteiger partial charge in [-0.15, -0.1) is 0 Å². The summed E-state index contributed by atoms with van der Waals surface area (Å²) in [6.07, 6.45) is 2.97. The molecule has 2 aliphatic rings. The van der Waals surface area contributed by atoms with Crippen LogP contribution in [-0.4, -0.2) is 66.0 Å². The molecule has 3 heterocycles. The van der Waals surface area contributed by atoms with Crippen LogP contribution in [0.25, 0.3) is 0 Å². The van der Waals surface area contributed by atoms with E-state index in [-0.39, 0.29) is 18.3 Å². The molecule has 0 bridgehead atoms. The molecule has 1 aromatic carbocycles. The number of ether oxygens (including phenoxy) is 1. The first-order chi connectivity index (χ1) is 14.5. The van der Waals surface area contributed by atoms with E-state index in [1.165, 1.54) is 24.3 Å². The average molecular weight is 413 g/mol. The Kier molecular flexibility index (Phi) is 6.13. The number of carbonyl (C=O) groups excluding carboxylic acids is 1. The first-order valence-corrected chi connectivity index (χ1v) is 10.5. The Bertz CT molecular complexity index is 888. The topological polar surface area (TPSA) is 70.6 Å². The largest absolute Gasteiger partial charge is 0.484 e. The van der Waals surface area contributed by atoms with Crippen molar-refractivity contribution in [2.24, 2.45) is 0 Å². The van der Waals surface area contributed by atoms with E-state index < -0.39 is 0 Å². The van der Waals surface area contributed by atoms with Gasteiger partial charge in [0.1, 0.15) is 23.2 Å². The zero-order chi connectivity index (χ0) is 21.1. The molecule has 2 aromatic rings. The molecule has 4 rings (SSSR count). The number of anilines is 1. The number of amides is 1. The number of likely N-dealkylation sites (tertiary alicyclic amines) is 1. The second-order valence-electron chi connectivity index (χ2n) is 8.01. The maximum Gasteiger partial charge on any atom is 0.260 e. The van der Waals surface area contributed by atoms with Crippen LogP contribution >= 0.6 is 0 Å². The van der Waals surface area contributed by atoms with Crippen molar-refractivity contribution in [3.05, 3.63) is 47.2 Å². The Balaban J connectivity index is 1.44. The smallest absolute Gasteiger partial charge is 0.260 e. The SMILES string of the molecule is CNc1nc([C@@H]2CCCN(C)C2)nc2c1CN(C(=O)COc1ccc(F)cc1)CC2. The maximum atomic E-state index is 13.0. The van der Waals surface area contributed by atoms with Gasteiger partial charge in [0.2, 0.25) is 0 Å². The van der Waals surface area contributed by atoms with Crippen molar-refractivity contribution in [1.29, 1.82) is 0 Å². The molecule has 1 atom stereocenters. The van der Waals surface area contributed by atoms with Gasteiger partial charge in [0.05, 0.1) is 12.2 Å². The minimum Gasteiger partial charge on any atom is -0.484 e. The van der Waals surface area contributed by atoms with Crippen LogP contribution in [0, 0.1) is 5.82 Å². The first-order valence-electron chi connectivity index (χ1n) is 10.5. The Morgan fingerprint density at radius 3 is 2.80 bits per heavy atom. The second kappa shape index (κ2) is 8.95. The van der Waals surface area contributed by atoms with Crippen molar-refractivity contribution in [3.63, 3.8) is 0 Å². The van der Waals surface area contributed by atoms with Crippen molar-refractivity contribution < 1.29 is 13.9 Å². The highest BCUT2D eigenvalue weighted by atomic mass is 19.1. The number of carbonyl (C=O) groups is 1. The monoisotopic (exact) mass is 413 g/mol. The molecule has 1 N–H and O–H groups in total. The standard InChI is InChI=1S/C22H28FN5O2/c1-24-22-18-13-28(20(29)14-30-17-7-5-16(23)6-8-17)11-9-19(18)25-21(26-22)15-4-3-10-27(2)12-15/h5-8,15H,3-4,9-14H2,1-2H3,(H,24,25,26)/t15-/m1/s1. The van der Waals surface area contributed by atoms with Crippen molar-refractivity contribution in [1.82, 2.24) is 19.8 Å². The summed E-state index contributed by atoms with van der Waals surface area (Å²) in [5, 5.41) is 3.20. The van der Waals surface area contributed by atoms with E-state index in [0.29, 0.717) is 31.2 Å². The molecule has 0 spiro atoms. The lowest BCUT2D eigenvalue weighted by atomic mass is 9.96. The van der Waals surface area contributed by atoms with Gasteiger partial charge in [0.15, 0.2) is 6.61 Å². The maximum absolute atomic E-state index is 13.0. The molecule has 0 aliphatic carbocycles. The minimum absolute atomic E-state index is 0.0802. The predicted octanol–water partition coefficient (Wildman–Crippen LogP) is 2.43. The van der Waals surface area contributed by atoms with Crippen LogP contribution < -0.4 is 10.1 Å². The molecule has 7 nitrogen and oxygen atoms in total. The molecule has 30 heavy (non-hydrogen) atoms.